The first kappa shape index (κ1) is 12.7. The van der Waals surface area contributed by atoms with Crippen molar-refractivity contribution >= 4 is 22.9 Å². The van der Waals surface area contributed by atoms with Crippen LogP contribution >= 0.6 is 0 Å². The van der Waals surface area contributed by atoms with Gasteiger partial charge in [0, 0.05) is 5.56 Å². The smallest absolute Gasteiger partial charge is 0.326 e. The number of carbonyl (C=O) groups excluding carboxylic acids is 1. The molecule has 1 amide bonds. The van der Waals surface area contributed by atoms with Crippen LogP contribution in [0, 0.1) is 0 Å². The molecule has 1 atom stereocenters. The lowest BCUT2D eigenvalue weighted by Crippen LogP contribution is -2.40. The minimum Gasteiger partial charge on any atom is -0.480 e. The van der Waals surface area contributed by atoms with Crippen LogP contribution in [0.1, 0.15) is 16.8 Å². The SMILES string of the molecule is C=CCC(NC(=O)c1ccc2n[nH]nc2c1)C(=O)O. The Hall–Kier alpha value is -2.70. The van der Waals surface area contributed by atoms with E-state index in [1.807, 2.05) is 0 Å². The van der Waals surface area contributed by atoms with Crippen molar-refractivity contribution in [2.45, 2.75) is 12.5 Å². The standard InChI is InChI=1S/C12H12N4O3/c1-2-3-9(12(18)19)13-11(17)7-4-5-8-10(6-7)15-16-14-8/h2,4-6,9H,1,3H2,(H,13,17)(H,18,19)(H,14,15,16). The fourth-order valence-corrected chi connectivity index (χ4v) is 1.61. The summed E-state index contributed by atoms with van der Waals surface area (Å²) in [6.45, 7) is 3.46. The number of rotatable bonds is 5. The average Bonchev–Trinajstić information content (AvgIpc) is 2.85. The number of fused-ring (bicyclic) bond motifs is 1. The zero-order chi connectivity index (χ0) is 13.8. The number of hydrogen-bond acceptors (Lipinski definition) is 4. The second kappa shape index (κ2) is 5.30. The maximum absolute atomic E-state index is 11.9. The molecule has 2 rings (SSSR count). The van der Waals surface area contributed by atoms with E-state index < -0.39 is 17.9 Å². The van der Waals surface area contributed by atoms with Crippen LogP contribution < -0.4 is 5.32 Å². The molecule has 0 fully saturated rings. The number of aromatic nitrogens is 3. The van der Waals surface area contributed by atoms with E-state index in [0.717, 1.165) is 0 Å². The van der Waals surface area contributed by atoms with Gasteiger partial charge in [-0.15, -0.1) is 6.58 Å². The van der Waals surface area contributed by atoms with Gasteiger partial charge in [-0.05, 0) is 24.6 Å². The van der Waals surface area contributed by atoms with Crippen molar-refractivity contribution in [3.05, 3.63) is 36.4 Å². The van der Waals surface area contributed by atoms with Gasteiger partial charge in [-0.2, -0.15) is 15.4 Å². The van der Waals surface area contributed by atoms with Crippen LogP contribution in [0.2, 0.25) is 0 Å². The molecule has 0 radical (unpaired) electrons. The van der Waals surface area contributed by atoms with E-state index in [4.69, 9.17) is 5.11 Å². The van der Waals surface area contributed by atoms with E-state index in [2.05, 4.69) is 27.3 Å². The molecule has 0 saturated carbocycles. The summed E-state index contributed by atoms with van der Waals surface area (Å²) in [6, 6.07) is 3.75. The molecule has 2 aromatic rings. The Balaban J connectivity index is 2.18. The molecule has 0 aliphatic carbocycles. The van der Waals surface area contributed by atoms with Crippen LogP contribution in [0.4, 0.5) is 0 Å². The number of amides is 1. The zero-order valence-corrected chi connectivity index (χ0v) is 9.96. The van der Waals surface area contributed by atoms with Crippen molar-refractivity contribution in [2.24, 2.45) is 0 Å². The molecule has 0 saturated heterocycles. The average molecular weight is 260 g/mol. The number of carbonyl (C=O) groups is 2. The topological polar surface area (TPSA) is 108 Å². The molecule has 0 aliphatic heterocycles. The van der Waals surface area contributed by atoms with Crippen LogP contribution in [-0.2, 0) is 4.79 Å². The van der Waals surface area contributed by atoms with Gasteiger partial charge in [-0.1, -0.05) is 6.08 Å². The number of carboxylic acids is 1. The predicted molar refractivity (Wildman–Crippen MR) is 67.6 cm³/mol. The number of nitrogens with zero attached hydrogens (tertiary/aromatic N) is 2. The maximum atomic E-state index is 11.9. The molecule has 0 spiro atoms. The van der Waals surface area contributed by atoms with E-state index in [-0.39, 0.29) is 6.42 Å². The van der Waals surface area contributed by atoms with Gasteiger partial charge in [0.2, 0.25) is 0 Å². The molecular formula is C12H12N4O3. The second-order valence-electron chi connectivity index (χ2n) is 3.92. The number of aliphatic carboxylic acids is 1. The minimum atomic E-state index is -1.10. The lowest BCUT2D eigenvalue weighted by molar-refractivity contribution is -0.139. The fraction of sp³-hybridized carbons (Fsp3) is 0.167. The molecule has 0 aliphatic rings. The first-order valence-electron chi connectivity index (χ1n) is 5.57. The van der Waals surface area contributed by atoms with E-state index in [9.17, 15) is 9.59 Å². The molecule has 7 heteroatoms. The summed E-state index contributed by atoms with van der Waals surface area (Å²) >= 11 is 0. The van der Waals surface area contributed by atoms with Gasteiger partial charge in [-0.25, -0.2) is 4.79 Å². The summed E-state index contributed by atoms with van der Waals surface area (Å²) in [7, 11) is 0. The lowest BCUT2D eigenvalue weighted by atomic mass is 10.1. The molecule has 98 valence electrons. The van der Waals surface area contributed by atoms with Gasteiger partial charge in [0.25, 0.3) is 5.91 Å². The maximum Gasteiger partial charge on any atom is 0.326 e. The predicted octanol–water partition coefficient (Wildman–Crippen LogP) is 0.717. The van der Waals surface area contributed by atoms with Gasteiger partial charge >= 0.3 is 5.97 Å². The molecule has 1 heterocycles. The molecule has 1 aromatic carbocycles. The molecular weight excluding hydrogens is 248 g/mol. The van der Waals surface area contributed by atoms with Crippen molar-refractivity contribution in [1.82, 2.24) is 20.7 Å². The Labute approximate surface area is 108 Å². The van der Waals surface area contributed by atoms with E-state index in [1.54, 1.807) is 18.2 Å². The van der Waals surface area contributed by atoms with Gasteiger partial charge in [0.05, 0.1) is 0 Å². The first-order valence-corrected chi connectivity index (χ1v) is 5.57. The van der Waals surface area contributed by atoms with Crippen LogP contribution in [0.25, 0.3) is 11.0 Å². The third-order valence-corrected chi connectivity index (χ3v) is 2.58. The third kappa shape index (κ3) is 2.76. The second-order valence-corrected chi connectivity index (χ2v) is 3.92. The highest BCUT2D eigenvalue weighted by molar-refractivity contribution is 5.99. The highest BCUT2D eigenvalue weighted by atomic mass is 16.4. The van der Waals surface area contributed by atoms with Gasteiger partial charge in [0.1, 0.15) is 17.1 Å². The number of hydrogen-bond donors (Lipinski definition) is 3. The summed E-state index contributed by atoms with van der Waals surface area (Å²) < 4.78 is 0. The summed E-state index contributed by atoms with van der Waals surface area (Å²) in [5, 5.41) is 21.5. The highest BCUT2D eigenvalue weighted by Crippen LogP contribution is 2.10. The van der Waals surface area contributed by atoms with E-state index in [1.165, 1.54) is 6.08 Å². The van der Waals surface area contributed by atoms with Crippen LogP contribution in [-0.4, -0.2) is 38.4 Å². The van der Waals surface area contributed by atoms with Crippen molar-refractivity contribution in [3.63, 3.8) is 0 Å². The molecule has 7 nitrogen and oxygen atoms in total. The number of aromatic amines is 1. The molecule has 19 heavy (non-hydrogen) atoms. The van der Waals surface area contributed by atoms with Crippen molar-refractivity contribution in [3.8, 4) is 0 Å². The van der Waals surface area contributed by atoms with Gasteiger partial charge in [0.15, 0.2) is 0 Å². The van der Waals surface area contributed by atoms with E-state index >= 15 is 0 Å². The monoisotopic (exact) mass is 260 g/mol. The first-order chi connectivity index (χ1) is 9.11. The molecule has 3 N–H and O–H groups in total. The Morgan fingerprint density at radius 3 is 2.84 bits per heavy atom. The zero-order valence-electron chi connectivity index (χ0n) is 9.96. The number of nitrogens with one attached hydrogen (secondary N) is 2. The quantitative estimate of drug-likeness (QED) is 0.686. The van der Waals surface area contributed by atoms with Crippen molar-refractivity contribution in [2.75, 3.05) is 0 Å². The third-order valence-electron chi connectivity index (χ3n) is 2.58. The van der Waals surface area contributed by atoms with Crippen LogP contribution in [0.15, 0.2) is 30.9 Å². The van der Waals surface area contributed by atoms with Gasteiger partial charge in [-0.3, -0.25) is 4.79 Å². The summed E-state index contributed by atoms with van der Waals surface area (Å²) in [6.07, 6.45) is 1.60. The molecule has 0 bridgehead atoms. The lowest BCUT2D eigenvalue weighted by Gasteiger charge is -2.12. The fourth-order valence-electron chi connectivity index (χ4n) is 1.61. The summed E-state index contributed by atoms with van der Waals surface area (Å²) in [5.41, 5.74) is 1.51. The van der Waals surface area contributed by atoms with E-state index in [0.29, 0.717) is 16.6 Å². The largest absolute Gasteiger partial charge is 0.480 e. The number of benzene rings is 1. The van der Waals surface area contributed by atoms with Crippen LogP contribution in [0.5, 0.6) is 0 Å². The molecule has 1 aromatic heterocycles. The normalized spacial score (nSPS) is 12.0. The Kier molecular flexibility index (Phi) is 3.56. The Morgan fingerprint density at radius 2 is 2.16 bits per heavy atom. The Bertz CT molecular complexity index is 635. The molecule has 1 unspecified atom stereocenters. The minimum absolute atomic E-state index is 0.160. The highest BCUT2D eigenvalue weighted by Gasteiger charge is 2.19. The van der Waals surface area contributed by atoms with Gasteiger partial charge < -0.3 is 10.4 Å². The summed E-state index contributed by atoms with van der Waals surface area (Å²) in [5.74, 6) is -1.57. The summed E-state index contributed by atoms with van der Waals surface area (Å²) in [4.78, 5) is 22.9. The van der Waals surface area contributed by atoms with Crippen molar-refractivity contribution < 1.29 is 14.7 Å². The van der Waals surface area contributed by atoms with Crippen LogP contribution in [0.3, 0.4) is 0 Å². The number of carboxylic acid groups (broad SMARTS) is 1. The number of H-pyrrole nitrogens is 1. The Morgan fingerprint density at radius 1 is 1.42 bits per heavy atom. The van der Waals surface area contributed by atoms with Crippen molar-refractivity contribution in [1.29, 1.82) is 0 Å².